The van der Waals surface area contributed by atoms with Crippen molar-refractivity contribution in [2.75, 3.05) is 0 Å². The predicted octanol–water partition coefficient (Wildman–Crippen LogP) is 3.72. The highest BCUT2D eigenvalue weighted by Gasteiger charge is 2.13. The highest BCUT2D eigenvalue weighted by Crippen LogP contribution is 2.27. The van der Waals surface area contributed by atoms with Gasteiger partial charge in [-0.25, -0.2) is 0 Å². The van der Waals surface area contributed by atoms with E-state index in [1.807, 2.05) is 0 Å². The lowest BCUT2D eigenvalue weighted by Gasteiger charge is -2.15. The van der Waals surface area contributed by atoms with E-state index in [0.29, 0.717) is 0 Å². The Morgan fingerprint density at radius 2 is 1.94 bits per heavy atom. The van der Waals surface area contributed by atoms with Crippen LogP contribution in [0.4, 0.5) is 0 Å². The number of aryl methyl sites for hydroxylation is 2. The van der Waals surface area contributed by atoms with E-state index in [1.54, 1.807) is 11.3 Å². The molecular formula is C14H17NS. The van der Waals surface area contributed by atoms with Gasteiger partial charge in [0, 0.05) is 4.88 Å². The maximum absolute atomic E-state index is 6.31. The number of hydrogen-bond acceptors (Lipinski definition) is 2. The maximum Gasteiger partial charge on any atom is 0.0562 e. The minimum atomic E-state index is 0.00449. The van der Waals surface area contributed by atoms with Crippen LogP contribution in [0, 0.1) is 20.8 Å². The molecule has 0 aliphatic heterocycles. The third-order valence-corrected chi connectivity index (χ3v) is 3.97. The van der Waals surface area contributed by atoms with Crippen LogP contribution in [0.2, 0.25) is 0 Å². The van der Waals surface area contributed by atoms with Crippen LogP contribution in [0.3, 0.4) is 0 Å². The van der Waals surface area contributed by atoms with Crippen molar-refractivity contribution in [3.05, 3.63) is 56.8 Å². The number of thiophene rings is 1. The molecule has 0 saturated heterocycles. The van der Waals surface area contributed by atoms with Gasteiger partial charge < -0.3 is 5.73 Å². The summed E-state index contributed by atoms with van der Waals surface area (Å²) in [5.74, 6) is 0. The Hall–Kier alpha value is -1.12. The van der Waals surface area contributed by atoms with Crippen molar-refractivity contribution in [3.63, 3.8) is 0 Å². The molecule has 0 spiro atoms. The van der Waals surface area contributed by atoms with Gasteiger partial charge in [-0.05, 0) is 54.5 Å². The van der Waals surface area contributed by atoms with Crippen LogP contribution in [0.5, 0.6) is 0 Å². The molecule has 0 saturated carbocycles. The van der Waals surface area contributed by atoms with Gasteiger partial charge >= 0.3 is 0 Å². The molecule has 16 heavy (non-hydrogen) atoms. The Balaban J connectivity index is 2.41. The lowest BCUT2D eigenvalue weighted by Crippen LogP contribution is -2.12. The van der Waals surface area contributed by atoms with E-state index in [4.69, 9.17) is 5.73 Å². The van der Waals surface area contributed by atoms with E-state index in [-0.39, 0.29) is 6.04 Å². The van der Waals surface area contributed by atoms with Gasteiger partial charge in [0.05, 0.1) is 6.04 Å². The average Bonchev–Trinajstić information content (AvgIpc) is 2.68. The second-order valence-electron chi connectivity index (χ2n) is 4.26. The van der Waals surface area contributed by atoms with Crippen LogP contribution < -0.4 is 5.73 Å². The summed E-state index contributed by atoms with van der Waals surface area (Å²) in [6.07, 6.45) is 0. The molecule has 2 aromatic rings. The summed E-state index contributed by atoms with van der Waals surface area (Å²) in [5.41, 5.74) is 11.4. The van der Waals surface area contributed by atoms with Gasteiger partial charge in [-0.2, -0.15) is 0 Å². The highest BCUT2D eigenvalue weighted by molar-refractivity contribution is 7.10. The first-order valence-electron chi connectivity index (χ1n) is 5.46. The summed E-state index contributed by atoms with van der Waals surface area (Å²) in [5, 5.41) is 2.15. The summed E-state index contributed by atoms with van der Waals surface area (Å²) in [6.45, 7) is 6.39. The molecule has 0 aliphatic carbocycles. The molecular weight excluding hydrogens is 214 g/mol. The standard InChI is InChI=1S/C14H17NS/c1-9-5-4-6-13(11(9)3)14(15)12-7-10(2)16-8-12/h4-8,14H,15H2,1-3H3. The molecule has 2 heteroatoms. The topological polar surface area (TPSA) is 26.0 Å². The second-order valence-corrected chi connectivity index (χ2v) is 5.37. The summed E-state index contributed by atoms with van der Waals surface area (Å²) < 4.78 is 0. The van der Waals surface area contributed by atoms with E-state index in [0.717, 1.165) is 0 Å². The van der Waals surface area contributed by atoms with Crippen molar-refractivity contribution >= 4 is 11.3 Å². The number of hydrogen-bond donors (Lipinski definition) is 1. The predicted molar refractivity (Wildman–Crippen MR) is 71.0 cm³/mol. The van der Waals surface area contributed by atoms with Gasteiger partial charge in [-0.15, -0.1) is 11.3 Å². The lowest BCUT2D eigenvalue weighted by atomic mass is 9.95. The Morgan fingerprint density at radius 1 is 1.19 bits per heavy atom. The molecule has 0 amide bonds. The average molecular weight is 231 g/mol. The molecule has 1 atom stereocenters. The largest absolute Gasteiger partial charge is 0.320 e. The van der Waals surface area contributed by atoms with Crippen molar-refractivity contribution in [2.24, 2.45) is 5.73 Å². The van der Waals surface area contributed by atoms with Gasteiger partial charge in [0.2, 0.25) is 0 Å². The first-order valence-corrected chi connectivity index (χ1v) is 6.34. The molecule has 1 aromatic carbocycles. The molecule has 84 valence electrons. The van der Waals surface area contributed by atoms with E-state index >= 15 is 0 Å². The van der Waals surface area contributed by atoms with Crippen LogP contribution in [0.1, 0.15) is 33.2 Å². The third kappa shape index (κ3) is 2.04. The molecule has 0 bridgehead atoms. The van der Waals surface area contributed by atoms with E-state index in [2.05, 4.69) is 50.4 Å². The molecule has 0 radical (unpaired) electrons. The zero-order chi connectivity index (χ0) is 11.7. The molecule has 0 fully saturated rings. The monoisotopic (exact) mass is 231 g/mol. The molecule has 1 unspecified atom stereocenters. The number of benzene rings is 1. The Bertz CT molecular complexity index is 499. The number of nitrogens with two attached hydrogens (primary N) is 1. The normalized spacial score (nSPS) is 12.8. The van der Waals surface area contributed by atoms with Gasteiger partial charge in [0.25, 0.3) is 0 Å². The third-order valence-electron chi connectivity index (χ3n) is 3.09. The number of rotatable bonds is 2. The van der Waals surface area contributed by atoms with Crippen LogP contribution >= 0.6 is 11.3 Å². The van der Waals surface area contributed by atoms with Gasteiger partial charge in [-0.1, -0.05) is 18.2 Å². The minimum absolute atomic E-state index is 0.00449. The van der Waals surface area contributed by atoms with Crippen LogP contribution in [-0.2, 0) is 0 Å². The van der Waals surface area contributed by atoms with Crippen LogP contribution in [0.15, 0.2) is 29.6 Å². The highest BCUT2D eigenvalue weighted by atomic mass is 32.1. The molecule has 2 N–H and O–H groups in total. The van der Waals surface area contributed by atoms with Crippen molar-refractivity contribution in [2.45, 2.75) is 26.8 Å². The fraction of sp³-hybridized carbons (Fsp3) is 0.286. The van der Waals surface area contributed by atoms with Crippen molar-refractivity contribution in [1.82, 2.24) is 0 Å². The zero-order valence-corrected chi connectivity index (χ0v) is 10.8. The Kier molecular flexibility index (Phi) is 3.13. The first kappa shape index (κ1) is 11.4. The Morgan fingerprint density at radius 3 is 2.56 bits per heavy atom. The van der Waals surface area contributed by atoms with E-state index < -0.39 is 0 Å². The molecule has 0 aliphatic rings. The molecule has 1 nitrogen and oxygen atoms in total. The quantitative estimate of drug-likeness (QED) is 0.837. The van der Waals surface area contributed by atoms with Crippen molar-refractivity contribution in [3.8, 4) is 0 Å². The second kappa shape index (κ2) is 4.40. The van der Waals surface area contributed by atoms with Crippen molar-refractivity contribution in [1.29, 1.82) is 0 Å². The molecule has 1 heterocycles. The summed E-state index contributed by atoms with van der Waals surface area (Å²) in [6, 6.07) is 8.52. The van der Waals surface area contributed by atoms with Crippen LogP contribution in [-0.4, -0.2) is 0 Å². The van der Waals surface area contributed by atoms with Crippen molar-refractivity contribution < 1.29 is 0 Å². The van der Waals surface area contributed by atoms with Gasteiger partial charge in [0.15, 0.2) is 0 Å². The van der Waals surface area contributed by atoms with Crippen LogP contribution in [0.25, 0.3) is 0 Å². The summed E-state index contributed by atoms with van der Waals surface area (Å²) in [7, 11) is 0. The van der Waals surface area contributed by atoms with Gasteiger partial charge in [-0.3, -0.25) is 0 Å². The van der Waals surface area contributed by atoms with Gasteiger partial charge in [0.1, 0.15) is 0 Å². The smallest absolute Gasteiger partial charge is 0.0562 e. The Labute approximate surface area is 101 Å². The fourth-order valence-corrected chi connectivity index (χ4v) is 2.66. The van der Waals surface area contributed by atoms with E-state index in [9.17, 15) is 0 Å². The van der Waals surface area contributed by atoms with E-state index in [1.165, 1.54) is 27.1 Å². The summed E-state index contributed by atoms with van der Waals surface area (Å²) >= 11 is 1.76. The maximum atomic E-state index is 6.31. The molecule has 2 rings (SSSR count). The molecule has 1 aromatic heterocycles. The zero-order valence-electron chi connectivity index (χ0n) is 9.95. The lowest BCUT2D eigenvalue weighted by molar-refractivity contribution is 0.863. The fourth-order valence-electron chi connectivity index (χ4n) is 1.92. The first-order chi connectivity index (χ1) is 7.59. The SMILES string of the molecule is Cc1cc(C(N)c2cccc(C)c2C)cs1. The summed E-state index contributed by atoms with van der Waals surface area (Å²) in [4.78, 5) is 1.32. The minimum Gasteiger partial charge on any atom is -0.320 e.